The molecule has 0 aliphatic heterocycles. The molecule has 0 saturated heterocycles. The predicted octanol–water partition coefficient (Wildman–Crippen LogP) is 3.28. The zero-order chi connectivity index (χ0) is 14.2. The average molecular weight is 329 g/mol. The molecule has 1 aliphatic carbocycles. The number of carbonyl (C=O) groups is 1. The summed E-state index contributed by atoms with van der Waals surface area (Å²) < 4.78 is 11.4. The summed E-state index contributed by atoms with van der Waals surface area (Å²) in [5.74, 6) is 0.395. The fourth-order valence-corrected chi connectivity index (χ4v) is 3.24. The van der Waals surface area contributed by atoms with E-state index in [1.54, 1.807) is 20.3 Å². The van der Waals surface area contributed by atoms with E-state index in [1.165, 1.54) is 0 Å². The van der Waals surface area contributed by atoms with Crippen LogP contribution in [0, 0.1) is 6.92 Å². The summed E-state index contributed by atoms with van der Waals surface area (Å²) in [7, 11) is 3.12. The van der Waals surface area contributed by atoms with Gasteiger partial charge in [0.15, 0.2) is 11.5 Å². The van der Waals surface area contributed by atoms with Crippen molar-refractivity contribution >= 4 is 21.9 Å². The number of rotatable bonds is 4. The van der Waals surface area contributed by atoms with Crippen LogP contribution in [-0.2, 0) is 10.2 Å². The smallest absolute Gasteiger partial charge is 0.314 e. The van der Waals surface area contributed by atoms with Crippen molar-refractivity contribution in [2.75, 3.05) is 14.2 Å². The maximum absolute atomic E-state index is 11.6. The van der Waals surface area contributed by atoms with Crippen LogP contribution in [0.4, 0.5) is 0 Å². The van der Waals surface area contributed by atoms with Gasteiger partial charge in [0, 0.05) is 0 Å². The van der Waals surface area contributed by atoms with Gasteiger partial charge in [-0.1, -0.05) is 6.42 Å². The second-order valence-corrected chi connectivity index (χ2v) is 5.63. The van der Waals surface area contributed by atoms with E-state index in [0.717, 1.165) is 22.0 Å². The highest BCUT2D eigenvalue weighted by atomic mass is 79.9. The molecule has 1 N–H and O–H groups in total. The lowest BCUT2D eigenvalue weighted by molar-refractivity contribution is -0.147. The molecule has 5 heteroatoms. The Hall–Kier alpha value is -1.23. The number of ether oxygens (including phenoxy) is 2. The van der Waals surface area contributed by atoms with E-state index >= 15 is 0 Å². The van der Waals surface area contributed by atoms with Crippen molar-refractivity contribution in [2.45, 2.75) is 31.6 Å². The lowest BCUT2D eigenvalue weighted by Gasteiger charge is -2.39. The normalized spacial score (nSPS) is 16.6. The third-order valence-corrected chi connectivity index (χ3v) is 4.94. The molecule has 0 amide bonds. The Morgan fingerprint density at radius 3 is 2.37 bits per heavy atom. The van der Waals surface area contributed by atoms with Gasteiger partial charge < -0.3 is 14.6 Å². The molecular formula is C14H17BrO4. The Morgan fingerprint density at radius 1 is 1.37 bits per heavy atom. The highest BCUT2D eigenvalue weighted by Crippen LogP contribution is 2.50. The number of halogens is 1. The van der Waals surface area contributed by atoms with Gasteiger partial charge in [-0.05, 0) is 52.9 Å². The maximum atomic E-state index is 11.6. The zero-order valence-electron chi connectivity index (χ0n) is 11.2. The molecule has 0 radical (unpaired) electrons. The molecule has 1 aromatic rings. The number of carboxylic acids is 1. The third kappa shape index (κ3) is 2.00. The standard InChI is InChI=1S/C14H17BrO4/c1-8-9(14(13(16)17)5-4-6-14)7-10(18-2)12(19-3)11(8)15/h7H,4-6H2,1-3H3,(H,16,17). The summed E-state index contributed by atoms with van der Waals surface area (Å²) in [6.07, 6.45) is 2.29. The molecule has 1 aliphatic rings. The quantitative estimate of drug-likeness (QED) is 0.921. The summed E-state index contributed by atoms with van der Waals surface area (Å²) in [5.41, 5.74) is 0.946. The average Bonchev–Trinajstić information content (AvgIpc) is 2.32. The molecule has 0 spiro atoms. The van der Waals surface area contributed by atoms with Crippen molar-refractivity contribution in [3.63, 3.8) is 0 Å². The molecule has 2 rings (SSSR count). The van der Waals surface area contributed by atoms with E-state index in [1.807, 2.05) is 6.92 Å². The van der Waals surface area contributed by atoms with Crippen molar-refractivity contribution in [2.24, 2.45) is 0 Å². The molecule has 1 saturated carbocycles. The number of aliphatic carboxylic acids is 1. The van der Waals surface area contributed by atoms with E-state index in [0.29, 0.717) is 24.3 Å². The summed E-state index contributed by atoms with van der Waals surface area (Å²) in [6, 6.07) is 1.80. The lowest BCUT2D eigenvalue weighted by atomic mass is 9.63. The van der Waals surface area contributed by atoms with Crippen LogP contribution in [0.3, 0.4) is 0 Å². The second kappa shape index (κ2) is 5.04. The first kappa shape index (κ1) is 14.2. The van der Waals surface area contributed by atoms with Crippen molar-refractivity contribution in [3.05, 3.63) is 21.7 Å². The molecule has 4 nitrogen and oxygen atoms in total. The fourth-order valence-electron chi connectivity index (χ4n) is 2.67. The van der Waals surface area contributed by atoms with Gasteiger partial charge >= 0.3 is 5.97 Å². The molecule has 104 valence electrons. The number of benzene rings is 1. The summed E-state index contributed by atoms with van der Waals surface area (Å²) in [6.45, 7) is 1.91. The van der Waals surface area contributed by atoms with Crippen LogP contribution in [-0.4, -0.2) is 25.3 Å². The number of hydrogen-bond acceptors (Lipinski definition) is 3. The maximum Gasteiger partial charge on any atom is 0.314 e. The summed E-state index contributed by atoms with van der Waals surface area (Å²) in [4.78, 5) is 11.6. The van der Waals surface area contributed by atoms with Gasteiger partial charge in [-0.2, -0.15) is 0 Å². The molecule has 19 heavy (non-hydrogen) atoms. The van der Waals surface area contributed by atoms with Crippen LogP contribution < -0.4 is 9.47 Å². The molecule has 0 heterocycles. The van der Waals surface area contributed by atoms with Gasteiger partial charge in [-0.3, -0.25) is 4.79 Å². The number of methoxy groups -OCH3 is 2. The van der Waals surface area contributed by atoms with Gasteiger partial charge in [0.25, 0.3) is 0 Å². The monoisotopic (exact) mass is 328 g/mol. The molecule has 1 fully saturated rings. The molecular weight excluding hydrogens is 312 g/mol. The Morgan fingerprint density at radius 2 is 2.00 bits per heavy atom. The van der Waals surface area contributed by atoms with E-state index in [2.05, 4.69) is 15.9 Å². The summed E-state index contributed by atoms with van der Waals surface area (Å²) in [5, 5.41) is 9.56. The van der Waals surface area contributed by atoms with Crippen molar-refractivity contribution in [3.8, 4) is 11.5 Å². The fraction of sp³-hybridized carbons (Fsp3) is 0.500. The van der Waals surface area contributed by atoms with Crippen LogP contribution in [0.2, 0.25) is 0 Å². The van der Waals surface area contributed by atoms with Gasteiger partial charge in [0.2, 0.25) is 0 Å². The highest BCUT2D eigenvalue weighted by molar-refractivity contribution is 9.10. The van der Waals surface area contributed by atoms with Crippen molar-refractivity contribution < 1.29 is 19.4 Å². The van der Waals surface area contributed by atoms with Crippen LogP contribution in [0.25, 0.3) is 0 Å². The van der Waals surface area contributed by atoms with Crippen LogP contribution in [0.5, 0.6) is 11.5 Å². The first-order valence-electron chi connectivity index (χ1n) is 6.13. The minimum Gasteiger partial charge on any atom is -0.493 e. The minimum absolute atomic E-state index is 0.558. The minimum atomic E-state index is -0.772. The van der Waals surface area contributed by atoms with Crippen LogP contribution in [0.15, 0.2) is 10.5 Å². The zero-order valence-corrected chi connectivity index (χ0v) is 12.8. The Kier molecular flexibility index (Phi) is 3.76. The first-order chi connectivity index (χ1) is 8.97. The van der Waals surface area contributed by atoms with Crippen molar-refractivity contribution in [1.29, 1.82) is 0 Å². The van der Waals surface area contributed by atoms with E-state index in [-0.39, 0.29) is 0 Å². The van der Waals surface area contributed by atoms with E-state index in [9.17, 15) is 9.90 Å². The largest absolute Gasteiger partial charge is 0.493 e. The van der Waals surface area contributed by atoms with Gasteiger partial charge in [0.05, 0.1) is 24.1 Å². The summed E-state index contributed by atoms with van der Waals surface area (Å²) >= 11 is 3.48. The molecule has 0 bridgehead atoms. The Labute approximate surface area is 120 Å². The van der Waals surface area contributed by atoms with Crippen LogP contribution >= 0.6 is 15.9 Å². The molecule has 0 aromatic heterocycles. The van der Waals surface area contributed by atoms with E-state index in [4.69, 9.17) is 9.47 Å². The SMILES string of the molecule is COc1cc(C2(C(=O)O)CCC2)c(C)c(Br)c1OC. The first-order valence-corrected chi connectivity index (χ1v) is 6.92. The topological polar surface area (TPSA) is 55.8 Å². The van der Waals surface area contributed by atoms with E-state index < -0.39 is 11.4 Å². The van der Waals surface area contributed by atoms with Gasteiger partial charge in [-0.25, -0.2) is 0 Å². The molecule has 0 unspecified atom stereocenters. The number of carboxylic acid groups (broad SMARTS) is 1. The predicted molar refractivity (Wildman–Crippen MR) is 75.1 cm³/mol. The lowest BCUT2D eigenvalue weighted by Crippen LogP contribution is -2.43. The Balaban J connectivity index is 2.65. The van der Waals surface area contributed by atoms with Crippen LogP contribution in [0.1, 0.15) is 30.4 Å². The van der Waals surface area contributed by atoms with Gasteiger partial charge in [0.1, 0.15) is 0 Å². The second-order valence-electron chi connectivity index (χ2n) is 4.84. The molecule has 1 aromatic carbocycles. The van der Waals surface area contributed by atoms with Gasteiger partial charge in [-0.15, -0.1) is 0 Å². The number of hydrogen-bond donors (Lipinski definition) is 1. The third-order valence-electron chi connectivity index (χ3n) is 3.99. The Bertz CT molecular complexity index is 521. The highest BCUT2D eigenvalue weighted by Gasteiger charge is 2.47. The van der Waals surface area contributed by atoms with Crippen molar-refractivity contribution in [1.82, 2.24) is 0 Å². The molecule has 0 atom stereocenters.